The van der Waals surface area contributed by atoms with Gasteiger partial charge in [-0.05, 0) is 85.3 Å². The minimum Gasteiger partial charge on any atom is -0.488 e. The van der Waals surface area contributed by atoms with E-state index in [2.05, 4.69) is 42.7 Å². The normalized spacial score (nSPS) is 13.2. The molecule has 18 heteroatoms. The van der Waals surface area contributed by atoms with Crippen molar-refractivity contribution >= 4 is 47.6 Å². The van der Waals surface area contributed by atoms with Crippen LogP contribution in [-0.4, -0.2) is 102 Å². The first kappa shape index (κ1) is 56.4. The number of carboxylic acids is 2. The molecule has 0 spiro atoms. The van der Waals surface area contributed by atoms with Crippen LogP contribution in [0, 0.1) is 13.8 Å². The van der Waals surface area contributed by atoms with Gasteiger partial charge in [-0.15, -0.1) is 0 Å². The van der Waals surface area contributed by atoms with Crippen molar-refractivity contribution in [2.45, 2.75) is 91.5 Å². The Balaban J connectivity index is 1.22. The number of aromatic nitrogens is 2. The van der Waals surface area contributed by atoms with Gasteiger partial charge < -0.3 is 43.4 Å². The summed E-state index contributed by atoms with van der Waals surface area (Å²) >= 11 is 13.8. The molecule has 0 saturated carbocycles. The third-order valence-corrected chi connectivity index (χ3v) is 13.0. The maximum absolute atomic E-state index is 12.1. The molecule has 2 aromatic heterocycles. The lowest BCUT2D eigenvalue weighted by Gasteiger charge is -2.22. The number of pyridine rings is 2. The second-order valence-corrected chi connectivity index (χ2v) is 18.3. The number of aliphatic hydroxyl groups excluding tert-OH is 1. The van der Waals surface area contributed by atoms with Crippen molar-refractivity contribution in [1.29, 1.82) is 0 Å². The number of rotatable bonds is 27. The molecular formula is C56H63Cl2N6O10+. The molecule has 0 aliphatic heterocycles. The average Bonchev–Trinajstić information content (AvgIpc) is 3.38. The van der Waals surface area contributed by atoms with E-state index >= 15 is 0 Å². The molecule has 4 aromatic carbocycles. The molecule has 74 heavy (non-hydrogen) atoms. The van der Waals surface area contributed by atoms with E-state index in [-0.39, 0.29) is 39.5 Å². The molecule has 0 amide bonds. The van der Waals surface area contributed by atoms with Gasteiger partial charge in [-0.25, -0.2) is 0 Å². The lowest BCUT2D eigenvalue weighted by molar-refractivity contribution is -0.142. The largest absolute Gasteiger partial charge is 0.501 e. The van der Waals surface area contributed by atoms with E-state index in [0.717, 1.165) is 55.6 Å². The van der Waals surface area contributed by atoms with Crippen molar-refractivity contribution in [2.24, 2.45) is 9.98 Å². The van der Waals surface area contributed by atoms with Crippen LogP contribution in [-0.2, 0) is 53.8 Å². The van der Waals surface area contributed by atoms with Gasteiger partial charge in [0.25, 0.3) is 0 Å². The van der Waals surface area contributed by atoms with Gasteiger partial charge >= 0.3 is 11.9 Å². The molecule has 2 heterocycles. The number of hydrogen-bond acceptors (Lipinski definition) is 13. The molecule has 4 atom stereocenters. The van der Waals surface area contributed by atoms with Crippen LogP contribution in [0.2, 0.25) is 10.0 Å². The number of carbonyl (C=O) groups is 1. The highest BCUT2D eigenvalue weighted by atomic mass is 35.5. The molecular weight excluding hydrogens is 988 g/mol. The van der Waals surface area contributed by atoms with Gasteiger partial charge in [0.05, 0.1) is 22.3 Å². The monoisotopic (exact) mass is 1050 g/mol. The van der Waals surface area contributed by atoms with Crippen molar-refractivity contribution in [3.63, 3.8) is 0 Å². The molecule has 0 bridgehead atoms. The summed E-state index contributed by atoms with van der Waals surface area (Å²) in [6.07, 6.45) is 9.10. The zero-order valence-corrected chi connectivity index (χ0v) is 44.2. The van der Waals surface area contributed by atoms with Gasteiger partial charge in [0.2, 0.25) is 0 Å². The van der Waals surface area contributed by atoms with Crippen LogP contribution in [0.4, 0.5) is 0 Å². The second-order valence-electron chi connectivity index (χ2n) is 17.4. The summed E-state index contributed by atoms with van der Waals surface area (Å²) in [7, 11) is 6.33. The molecule has 0 saturated heterocycles. The zero-order valence-electron chi connectivity index (χ0n) is 42.7. The number of benzene rings is 4. The van der Waals surface area contributed by atoms with Crippen LogP contribution in [0.5, 0.6) is 23.0 Å². The van der Waals surface area contributed by atoms with Crippen molar-refractivity contribution in [2.75, 3.05) is 28.3 Å². The Morgan fingerprint density at radius 3 is 1.45 bits per heavy atom. The third-order valence-electron chi connectivity index (χ3n) is 12.4. The summed E-state index contributed by atoms with van der Waals surface area (Å²) in [5.74, 6) is -0.168. The van der Waals surface area contributed by atoms with Crippen LogP contribution >= 0.6 is 23.2 Å². The Labute approximate surface area is 441 Å². The number of nitrogens with zero attached hydrogens (tertiary/aromatic N) is 4. The zero-order chi connectivity index (χ0) is 53.3. The summed E-state index contributed by atoms with van der Waals surface area (Å²) in [6, 6.07) is 21.0. The van der Waals surface area contributed by atoms with E-state index in [9.17, 15) is 19.8 Å². The topological polar surface area (TPSA) is 209 Å². The summed E-state index contributed by atoms with van der Waals surface area (Å²) in [6.45, 7) is 8.48. The Hall–Kier alpha value is -6.92. The lowest BCUT2D eigenvalue weighted by atomic mass is 9.92. The SMILES string of the molecule is CN=Cc1cncc(COc2cc(OCc3cccc(-c4cccc(COc5cc(OCc6cncc(C=NC)c6)c(CN[C@H](C(O)=[OH+])[C@@H](C)OC)cc5Cl)c4C)c3C)c(Cl)cc2CN[C@H](C(=O)O)[C@@H](C)OC)c1. The maximum Gasteiger partial charge on any atom is 0.501 e. The van der Waals surface area contributed by atoms with Gasteiger partial charge in [0.1, 0.15) is 55.5 Å². The molecule has 0 aliphatic rings. The molecule has 6 aromatic rings. The number of ether oxygens (including phenoxy) is 6. The number of halogens is 2. The van der Waals surface area contributed by atoms with E-state index in [1.54, 1.807) is 89.4 Å². The van der Waals surface area contributed by atoms with Gasteiger partial charge in [-0.3, -0.25) is 35.4 Å². The predicted molar refractivity (Wildman–Crippen MR) is 288 cm³/mol. The summed E-state index contributed by atoms with van der Waals surface area (Å²) in [5, 5.41) is 26.8. The van der Waals surface area contributed by atoms with Crippen LogP contribution in [0.1, 0.15) is 69.5 Å². The maximum atomic E-state index is 12.1. The smallest absolute Gasteiger partial charge is 0.488 e. The Morgan fingerprint density at radius 2 is 1.04 bits per heavy atom. The van der Waals surface area contributed by atoms with Crippen LogP contribution in [0.25, 0.3) is 11.1 Å². The van der Waals surface area contributed by atoms with E-state index < -0.39 is 36.2 Å². The van der Waals surface area contributed by atoms with E-state index in [0.29, 0.717) is 44.2 Å². The third kappa shape index (κ3) is 15.1. The number of nitrogens with one attached hydrogen (secondary N) is 2. The van der Waals surface area contributed by atoms with Gasteiger partial charge in [0, 0.05) is 124 Å². The van der Waals surface area contributed by atoms with E-state index in [1.165, 1.54) is 14.2 Å². The minimum absolute atomic E-state index is 0.120. The fraction of sp³-hybridized carbons (Fsp3) is 0.321. The second kappa shape index (κ2) is 27.4. The minimum atomic E-state index is -1.05. The van der Waals surface area contributed by atoms with Crippen LogP contribution < -0.4 is 29.6 Å². The summed E-state index contributed by atoms with van der Waals surface area (Å²) in [5.41, 5.74) is 10.4. The van der Waals surface area contributed by atoms with Gasteiger partial charge in [-0.2, -0.15) is 0 Å². The molecule has 16 nitrogen and oxygen atoms in total. The first-order valence-corrected chi connectivity index (χ1v) is 24.5. The molecule has 0 fully saturated rings. The highest BCUT2D eigenvalue weighted by Crippen LogP contribution is 2.37. The standard InChI is InChI=1S/C56H62Cl2N6O10/c1-33-41(31-73-51-19-49(71-29-39-15-37(21-59-5)23-61-25-39)43(17-47(51)57)27-63-53(55(65)66)35(3)69-7)11-9-13-45(33)46-14-10-12-42(34(46)2)32-74-52-20-50(72-30-40-16-38(22-60-6)24-62-26-40)44(18-48(52)58)28-64-54(56(67)68)36(4)70-8/h9-26,35-36,53-54,63-64H,27-32H2,1-8H3,(H,65,66)(H,67,68)/p+1/t35-,36-,53+,54+/m1/s1. The first-order chi connectivity index (χ1) is 35.6. The quantitative estimate of drug-likeness (QED) is 0.0280. The lowest BCUT2D eigenvalue weighted by Crippen LogP contribution is -2.45. The Bertz CT molecular complexity index is 2760. The van der Waals surface area contributed by atoms with Gasteiger partial charge in [-0.1, -0.05) is 59.6 Å². The Kier molecular flexibility index (Phi) is 20.9. The number of aliphatic carboxylic acids is 2. The van der Waals surface area contributed by atoms with Crippen molar-refractivity contribution < 1.29 is 48.2 Å². The number of aliphatic imine (C=N–C) groups is 2. The van der Waals surface area contributed by atoms with E-state index in [1.807, 2.05) is 50.2 Å². The van der Waals surface area contributed by atoms with Crippen molar-refractivity contribution in [3.05, 3.63) is 163 Å². The number of hydrogen-bond donors (Lipinski definition) is 4. The van der Waals surface area contributed by atoms with Gasteiger partial charge in [0.15, 0.2) is 6.04 Å². The molecule has 5 N–H and O–H groups in total. The molecule has 6 rings (SSSR count). The van der Waals surface area contributed by atoms with Crippen LogP contribution in [0.15, 0.2) is 108 Å². The van der Waals surface area contributed by atoms with E-state index in [4.69, 9.17) is 51.6 Å². The molecule has 0 unspecified atom stereocenters. The summed E-state index contributed by atoms with van der Waals surface area (Å²) < 4.78 is 36.3. The number of carboxylic acid groups (broad SMARTS) is 2. The Morgan fingerprint density at radius 1 is 0.622 bits per heavy atom. The highest BCUT2D eigenvalue weighted by Gasteiger charge is 2.30. The average molecular weight is 1050 g/mol. The first-order valence-electron chi connectivity index (χ1n) is 23.7. The van der Waals surface area contributed by atoms with Crippen molar-refractivity contribution in [3.8, 4) is 34.1 Å². The highest BCUT2D eigenvalue weighted by molar-refractivity contribution is 6.32. The molecule has 0 aliphatic carbocycles. The van der Waals surface area contributed by atoms with Crippen LogP contribution in [0.3, 0.4) is 0 Å². The molecule has 0 radical (unpaired) electrons. The predicted octanol–water partition coefficient (Wildman–Crippen LogP) is 9.61. The fourth-order valence-corrected chi connectivity index (χ4v) is 8.54. The molecule has 390 valence electrons. The summed E-state index contributed by atoms with van der Waals surface area (Å²) in [4.78, 5) is 38.9. The van der Waals surface area contributed by atoms with Crippen molar-refractivity contribution in [1.82, 2.24) is 20.6 Å². The fourth-order valence-electron chi connectivity index (χ4n) is 8.06. The number of methoxy groups -OCH3 is 2.